The van der Waals surface area contributed by atoms with Gasteiger partial charge in [0.1, 0.15) is 5.69 Å². The number of aryl methyl sites for hydroxylation is 1. The molecule has 2 heterocycles. The van der Waals surface area contributed by atoms with Crippen molar-refractivity contribution in [1.29, 1.82) is 0 Å². The Morgan fingerprint density at radius 2 is 1.96 bits per heavy atom. The zero-order chi connectivity index (χ0) is 18.9. The van der Waals surface area contributed by atoms with Crippen molar-refractivity contribution < 1.29 is 4.79 Å². The van der Waals surface area contributed by atoms with Gasteiger partial charge in [0.05, 0.1) is 18.4 Å². The summed E-state index contributed by atoms with van der Waals surface area (Å²) in [6.07, 6.45) is 5.22. The first-order valence-electron chi connectivity index (χ1n) is 9.21. The summed E-state index contributed by atoms with van der Waals surface area (Å²) < 4.78 is 3.15. The molecule has 0 radical (unpaired) electrons. The maximum Gasteiger partial charge on any atom is 0.276 e. The summed E-state index contributed by atoms with van der Waals surface area (Å²) in [4.78, 5) is 26.5. The molecule has 0 aliphatic heterocycles. The Morgan fingerprint density at radius 3 is 2.65 bits per heavy atom. The van der Waals surface area contributed by atoms with Crippen LogP contribution in [-0.4, -0.2) is 50.0 Å². The zero-order valence-corrected chi connectivity index (χ0v) is 15.8. The van der Waals surface area contributed by atoms with Gasteiger partial charge in [-0.1, -0.05) is 27.2 Å². The second-order valence-corrected chi connectivity index (χ2v) is 6.11. The Hall–Kier alpha value is -2.48. The molecule has 0 unspecified atom stereocenters. The topological polar surface area (TPSA) is 85.1 Å². The quantitative estimate of drug-likeness (QED) is 0.699. The van der Waals surface area contributed by atoms with E-state index in [-0.39, 0.29) is 17.2 Å². The van der Waals surface area contributed by atoms with Crippen LogP contribution in [0.1, 0.15) is 44.1 Å². The van der Waals surface area contributed by atoms with Crippen LogP contribution in [0.5, 0.6) is 0 Å². The van der Waals surface area contributed by atoms with Crippen LogP contribution >= 0.6 is 0 Å². The van der Waals surface area contributed by atoms with Crippen LogP contribution in [0.2, 0.25) is 0 Å². The van der Waals surface area contributed by atoms with E-state index in [9.17, 15) is 9.59 Å². The van der Waals surface area contributed by atoms with Gasteiger partial charge in [0.25, 0.3) is 11.5 Å². The highest BCUT2D eigenvalue weighted by Gasteiger charge is 2.11. The lowest BCUT2D eigenvalue weighted by molar-refractivity contribution is 0.101. The second-order valence-electron chi connectivity index (χ2n) is 6.11. The van der Waals surface area contributed by atoms with E-state index in [0.29, 0.717) is 12.2 Å². The number of unbranched alkanes of at least 4 members (excludes halogenated alkanes) is 1. The third kappa shape index (κ3) is 5.52. The molecular formula is C18H28N6O2. The number of carbonyl (C=O) groups excluding carboxylic acids is 1. The fourth-order valence-electron chi connectivity index (χ4n) is 2.57. The van der Waals surface area contributed by atoms with Crippen molar-refractivity contribution in [2.75, 3.05) is 25.0 Å². The number of nitrogens with zero attached hydrogens (tertiary/aromatic N) is 5. The highest BCUT2D eigenvalue weighted by molar-refractivity contribution is 6.02. The lowest BCUT2D eigenvalue weighted by Crippen LogP contribution is -2.27. The van der Waals surface area contributed by atoms with Crippen LogP contribution < -0.4 is 10.9 Å². The van der Waals surface area contributed by atoms with Gasteiger partial charge in [-0.3, -0.25) is 14.3 Å². The minimum atomic E-state index is -0.349. The van der Waals surface area contributed by atoms with Gasteiger partial charge in [-0.2, -0.15) is 10.2 Å². The molecule has 8 heteroatoms. The lowest BCUT2D eigenvalue weighted by atomic mass is 10.3. The first kappa shape index (κ1) is 19.8. The fourth-order valence-corrected chi connectivity index (χ4v) is 2.57. The number of likely N-dealkylation sites (N-methyl/N-ethyl adjacent to an activating group) is 1. The molecule has 2 rings (SSSR count). The van der Waals surface area contributed by atoms with Crippen molar-refractivity contribution >= 4 is 11.6 Å². The predicted molar refractivity (Wildman–Crippen MR) is 101 cm³/mol. The fraction of sp³-hybridized carbons (Fsp3) is 0.556. The van der Waals surface area contributed by atoms with E-state index in [2.05, 4.69) is 34.3 Å². The van der Waals surface area contributed by atoms with E-state index in [1.807, 2.05) is 11.6 Å². The largest absolute Gasteiger partial charge is 0.318 e. The Morgan fingerprint density at radius 1 is 1.19 bits per heavy atom. The van der Waals surface area contributed by atoms with Crippen LogP contribution in [0.15, 0.2) is 29.3 Å². The van der Waals surface area contributed by atoms with Crippen LogP contribution in [0.3, 0.4) is 0 Å². The number of amides is 1. The molecule has 2 aromatic rings. The number of rotatable bonds is 10. The molecule has 1 N–H and O–H groups in total. The molecule has 2 aromatic heterocycles. The monoisotopic (exact) mass is 360 g/mol. The van der Waals surface area contributed by atoms with E-state index in [0.717, 1.165) is 39.0 Å². The number of aromatic nitrogens is 4. The molecule has 0 aliphatic rings. The minimum absolute atomic E-state index is 0.195. The van der Waals surface area contributed by atoms with Crippen molar-refractivity contribution in [2.24, 2.45) is 0 Å². The number of nitrogens with one attached hydrogen (secondary N) is 1. The van der Waals surface area contributed by atoms with E-state index in [1.54, 1.807) is 12.4 Å². The summed E-state index contributed by atoms with van der Waals surface area (Å²) in [5.74, 6) is -0.349. The van der Waals surface area contributed by atoms with Gasteiger partial charge in [-0.25, -0.2) is 4.68 Å². The van der Waals surface area contributed by atoms with Gasteiger partial charge in [0.2, 0.25) is 0 Å². The molecule has 0 saturated carbocycles. The van der Waals surface area contributed by atoms with Crippen LogP contribution in [0.25, 0.3) is 0 Å². The third-order valence-corrected chi connectivity index (χ3v) is 4.25. The predicted octanol–water partition coefficient (Wildman–Crippen LogP) is 1.83. The molecule has 142 valence electrons. The van der Waals surface area contributed by atoms with Crippen molar-refractivity contribution in [3.63, 3.8) is 0 Å². The molecule has 1 amide bonds. The first-order valence-corrected chi connectivity index (χ1v) is 9.21. The summed E-state index contributed by atoms with van der Waals surface area (Å²) in [6, 6.07) is 2.83. The van der Waals surface area contributed by atoms with Crippen molar-refractivity contribution in [2.45, 2.75) is 46.7 Å². The van der Waals surface area contributed by atoms with E-state index in [1.165, 1.54) is 16.8 Å². The molecular weight excluding hydrogens is 332 g/mol. The van der Waals surface area contributed by atoms with E-state index >= 15 is 0 Å². The standard InChI is InChI=1S/C18H28N6O2/c1-4-7-10-24-17(25)9-8-16(21-24)18(26)20-15-13-19-23(14-15)12-11-22(5-2)6-3/h8-9,13-14H,4-7,10-12H2,1-3H3,(H,20,26). The van der Waals surface area contributed by atoms with E-state index < -0.39 is 0 Å². The number of carbonyl (C=O) groups is 1. The summed E-state index contributed by atoms with van der Waals surface area (Å²) in [5, 5.41) is 11.2. The highest BCUT2D eigenvalue weighted by atomic mass is 16.2. The van der Waals surface area contributed by atoms with Gasteiger partial charge < -0.3 is 10.2 Å². The highest BCUT2D eigenvalue weighted by Crippen LogP contribution is 2.07. The van der Waals surface area contributed by atoms with Gasteiger partial charge in [-0.15, -0.1) is 0 Å². The average molecular weight is 360 g/mol. The molecule has 0 saturated heterocycles. The Balaban J connectivity index is 1.98. The molecule has 0 fully saturated rings. The Kier molecular flexibility index (Phi) is 7.53. The summed E-state index contributed by atoms with van der Waals surface area (Å²) in [6.45, 7) is 10.5. The number of anilines is 1. The Bertz CT molecular complexity index is 763. The van der Waals surface area contributed by atoms with Crippen LogP contribution in [-0.2, 0) is 13.1 Å². The summed E-state index contributed by atoms with van der Waals surface area (Å²) in [5.41, 5.74) is 0.637. The van der Waals surface area contributed by atoms with Gasteiger partial charge >= 0.3 is 0 Å². The van der Waals surface area contributed by atoms with Gasteiger partial charge in [0.15, 0.2) is 0 Å². The lowest BCUT2D eigenvalue weighted by Gasteiger charge is -2.17. The van der Waals surface area contributed by atoms with Gasteiger partial charge in [0, 0.05) is 25.4 Å². The number of hydrogen-bond donors (Lipinski definition) is 1. The van der Waals surface area contributed by atoms with Crippen molar-refractivity contribution in [3.8, 4) is 0 Å². The van der Waals surface area contributed by atoms with Crippen molar-refractivity contribution in [3.05, 3.63) is 40.6 Å². The molecule has 0 atom stereocenters. The molecule has 0 aliphatic carbocycles. The maximum atomic E-state index is 12.4. The molecule has 0 spiro atoms. The van der Waals surface area contributed by atoms with Crippen LogP contribution in [0.4, 0.5) is 5.69 Å². The third-order valence-electron chi connectivity index (χ3n) is 4.25. The summed E-state index contributed by atoms with van der Waals surface area (Å²) in [7, 11) is 0. The Labute approximate surface area is 153 Å². The molecule has 26 heavy (non-hydrogen) atoms. The van der Waals surface area contributed by atoms with Crippen LogP contribution in [0, 0.1) is 0 Å². The average Bonchev–Trinajstić information content (AvgIpc) is 3.09. The van der Waals surface area contributed by atoms with Gasteiger partial charge in [-0.05, 0) is 25.6 Å². The minimum Gasteiger partial charge on any atom is -0.318 e. The number of hydrogen-bond acceptors (Lipinski definition) is 5. The zero-order valence-electron chi connectivity index (χ0n) is 15.8. The second kappa shape index (κ2) is 9.86. The van der Waals surface area contributed by atoms with Crippen molar-refractivity contribution in [1.82, 2.24) is 24.5 Å². The first-order chi connectivity index (χ1) is 12.6. The summed E-state index contributed by atoms with van der Waals surface area (Å²) >= 11 is 0. The normalized spacial score (nSPS) is 11.1. The van der Waals surface area contributed by atoms with E-state index in [4.69, 9.17) is 0 Å². The maximum absolute atomic E-state index is 12.4. The molecule has 0 bridgehead atoms. The smallest absolute Gasteiger partial charge is 0.276 e. The molecule has 0 aromatic carbocycles. The molecule has 8 nitrogen and oxygen atoms in total. The SMILES string of the molecule is CCCCn1nc(C(=O)Nc2cnn(CCN(CC)CC)c2)ccc1=O.